The van der Waals surface area contributed by atoms with Crippen LogP contribution in [0.4, 0.5) is 0 Å². The first kappa shape index (κ1) is 22.2. The van der Waals surface area contributed by atoms with Crippen molar-refractivity contribution in [2.75, 3.05) is 20.3 Å². The Labute approximate surface area is 194 Å². The molecule has 3 heterocycles. The smallest absolute Gasteiger partial charge is 0.256 e. The van der Waals surface area contributed by atoms with Gasteiger partial charge in [-0.25, -0.2) is 13.1 Å². The third kappa shape index (κ3) is 4.09. The molecule has 2 bridgehead atoms. The van der Waals surface area contributed by atoms with Crippen molar-refractivity contribution in [2.24, 2.45) is 0 Å². The van der Waals surface area contributed by atoms with E-state index in [1.165, 1.54) is 24.7 Å². The lowest BCUT2D eigenvalue weighted by molar-refractivity contribution is 0.0182. The van der Waals surface area contributed by atoms with Gasteiger partial charge >= 0.3 is 0 Å². The molecule has 2 unspecified atom stereocenters. The first-order valence-electron chi connectivity index (χ1n) is 11.4. The standard InChI is InChI=1S/C24H29N3O5S/c1-25-33(29,30)19-14-20(22-21(15-19)31-12-13-32-22)23(28)26-24-10-5-8-18(9-11-24)27(24)16-17-6-3-2-4-7-17/h2-4,6-7,14-15,18,25H,5,8-13,16H2,1H3,(H,26,28). The van der Waals surface area contributed by atoms with E-state index < -0.39 is 15.7 Å². The molecule has 33 heavy (non-hydrogen) atoms. The van der Waals surface area contributed by atoms with E-state index in [0.717, 1.165) is 38.6 Å². The third-order valence-corrected chi connectivity index (χ3v) is 8.38. The number of rotatable bonds is 6. The molecule has 0 aliphatic carbocycles. The Morgan fingerprint density at radius 3 is 2.70 bits per heavy atom. The summed E-state index contributed by atoms with van der Waals surface area (Å²) in [6, 6.07) is 13.5. The van der Waals surface area contributed by atoms with Crippen LogP contribution >= 0.6 is 0 Å². The minimum Gasteiger partial charge on any atom is -0.486 e. The van der Waals surface area contributed by atoms with Crippen LogP contribution in [0.25, 0.3) is 0 Å². The van der Waals surface area contributed by atoms with E-state index in [1.807, 2.05) is 18.2 Å². The van der Waals surface area contributed by atoms with Gasteiger partial charge in [0.05, 0.1) is 16.1 Å². The van der Waals surface area contributed by atoms with Gasteiger partial charge in [-0.05, 0) is 50.8 Å². The molecule has 0 spiro atoms. The van der Waals surface area contributed by atoms with E-state index in [-0.39, 0.29) is 22.1 Å². The third-order valence-electron chi connectivity index (χ3n) is 6.99. The van der Waals surface area contributed by atoms with Crippen LogP contribution in [0.3, 0.4) is 0 Å². The fourth-order valence-corrected chi connectivity index (χ4v) is 6.13. The molecule has 0 saturated carbocycles. The van der Waals surface area contributed by atoms with E-state index in [0.29, 0.717) is 25.0 Å². The number of sulfonamides is 1. The van der Waals surface area contributed by atoms with Crippen LogP contribution in [0.1, 0.15) is 48.0 Å². The van der Waals surface area contributed by atoms with E-state index in [2.05, 4.69) is 27.1 Å². The van der Waals surface area contributed by atoms with Crippen LogP contribution in [-0.4, -0.2) is 51.2 Å². The molecule has 1 amide bonds. The number of fused-ring (bicyclic) bond motifs is 3. The maximum Gasteiger partial charge on any atom is 0.256 e. The molecular weight excluding hydrogens is 442 g/mol. The van der Waals surface area contributed by atoms with Gasteiger partial charge in [0.2, 0.25) is 10.0 Å². The van der Waals surface area contributed by atoms with Crippen LogP contribution in [0.15, 0.2) is 47.4 Å². The fourth-order valence-electron chi connectivity index (χ4n) is 5.36. The van der Waals surface area contributed by atoms with Crippen molar-refractivity contribution in [1.82, 2.24) is 14.9 Å². The first-order valence-corrected chi connectivity index (χ1v) is 12.9. The molecule has 2 aromatic carbocycles. The summed E-state index contributed by atoms with van der Waals surface area (Å²) in [7, 11) is -2.42. The summed E-state index contributed by atoms with van der Waals surface area (Å²) in [5.74, 6) is 0.227. The van der Waals surface area contributed by atoms with Crippen molar-refractivity contribution < 1.29 is 22.7 Å². The molecule has 2 atom stereocenters. The molecule has 0 aromatic heterocycles. The number of piperidine rings is 1. The molecule has 9 heteroatoms. The van der Waals surface area contributed by atoms with Gasteiger partial charge in [-0.1, -0.05) is 30.3 Å². The van der Waals surface area contributed by atoms with Crippen LogP contribution in [0.5, 0.6) is 11.5 Å². The molecule has 2 aromatic rings. The molecule has 2 N–H and O–H groups in total. The van der Waals surface area contributed by atoms with E-state index in [1.54, 1.807) is 0 Å². The Morgan fingerprint density at radius 2 is 1.91 bits per heavy atom. The maximum absolute atomic E-state index is 13.6. The number of hydrogen-bond acceptors (Lipinski definition) is 6. The summed E-state index contributed by atoms with van der Waals surface area (Å²) < 4.78 is 38.7. The highest BCUT2D eigenvalue weighted by molar-refractivity contribution is 7.89. The van der Waals surface area contributed by atoms with E-state index >= 15 is 0 Å². The molecule has 2 fully saturated rings. The molecule has 3 aliphatic rings. The van der Waals surface area contributed by atoms with Crippen molar-refractivity contribution in [3.63, 3.8) is 0 Å². The highest BCUT2D eigenvalue weighted by atomic mass is 32.2. The molecule has 8 nitrogen and oxygen atoms in total. The second-order valence-electron chi connectivity index (χ2n) is 8.89. The van der Waals surface area contributed by atoms with Crippen LogP contribution in [0.2, 0.25) is 0 Å². The summed E-state index contributed by atoms with van der Waals surface area (Å²) >= 11 is 0. The van der Waals surface area contributed by atoms with Crippen molar-refractivity contribution in [1.29, 1.82) is 0 Å². The van der Waals surface area contributed by atoms with Crippen LogP contribution < -0.4 is 19.5 Å². The molecule has 5 rings (SSSR count). The number of amides is 1. The average Bonchev–Trinajstić information content (AvgIpc) is 3.01. The number of nitrogens with zero attached hydrogens (tertiary/aromatic N) is 1. The highest BCUT2D eigenvalue weighted by Gasteiger charge is 2.49. The normalized spacial score (nSPS) is 24.5. The SMILES string of the molecule is CNS(=O)(=O)c1cc2c(c(C(=O)NC34CCCC(CC3)N4Cc3ccccc3)c1)OCCO2. The largest absolute Gasteiger partial charge is 0.486 e. The Balaban J connectivity index is 1.49. The second-order valence-corrected chi connectivity index (χ2v) is 10.8. The van der Waals surface area contributed by atoms with Crippen molar-refractivity contribution >= 4 is 15.9 Å². The summed E-state index contributed by atoms with van der Waals surface area (Å²) in [6.45, 7) is 1.37. The Bertz CT molecular complexity index is 1150. The molecule has 0 radical (unpaired) electrons. The van der Waals surface area contributed by atoms with E-state index in [4.69, 9.17) is 9.47 Å². The van der Waals surface area contributed by atoms with Crippen LogP contribution in [0, 0.1) is 0 Å². The predicted octanol–water partition coefficient (Wildman–Crippen LogP) is 2.64. The van der Waals surface area contributed by atoms with Gasteiger partial charge in [-0.15, -0.1) is 0 Å². The number of ether oxygens (including phenoxy) is 2. The molecule has 176 valence electrons. The van der Waals surface area contributed by atoms with Gasteiger partial charge in [0.1, 0.15) is 13.2 Å². The number of carbonyl (C=O) groups excluding carboxylic acids is 1. The van der Waals surface area contributed by atoms with Gasteiger partial charge in [0, 0.05) is 18.7 Å². The molecular formula is C24H29N3O5S. The average molecular weight is 472 g/mol. The Kier molecular flexibility index (Phi) is 5.80. The predicted molar refractivity (Wildman–Crippen MR) is 123 cm³/mol. The van der Waals surface area contributed by atoms with Crippen molar-refractivity contribution in [3.8, 4) is 11.5 Å². The highest BCUT2D eigenvalue weighted by Crippen LogP contribution is 2.44. The number of nitrogens with one attached hydrogen (secondary N) is 2. The monoisotopic (exact) mass is 471 g/mol. The summed E-state index contributed by atoms with van der Waals surface area (Å²) in [4.78, 5) is 16.0. The van der Waals surface area contributed by atoms with Gasteiger partial charge < -0.3 is 14.8 Å². The lowest BCUT2D eigenvalue weighted by Crippen LogP contribution is -2.60. The lowest BCUT2D eigenvalue weighted by atomic mass is 9.95. The minimum atomic E-state index is -3.76. The van der Waals surface area contributed by atoms with Crippen molar-refractivity contribution in [3.05, 3.63) is 53.6 Å². The topological polar surface area (TPSA) is 97.0 Å². The van der Waals surface area contributed by atoms with Gasteiger partial charge in [0.25, 0.3) is 5.91 Å². The lowest BCUT2D eigenvalue weighted by Gasteiger charge is -2.45. The summed E-state index contributed by atoms with van der Waals surface area (Å²) in [6.07, 6.45) is 4.91. The Hall–Kier alpha value is -2.62. The number of benzene rings is 2. The number of hydrogen-bond donors (Lipinski definition) is 2. The van der Waals surface area contributed by atoms with Crippen molar-refractivity contribution in [2.45, 2.75) is 55.2 Å². The van der Waals surface area contributed by atoms with Gasteiger partial charge in [-0.3, -0.25) is 9.69 Å². The Morgan fingerprint density at radius 1 is 1.12 bits per heavy atom. The summed E-state index contributed by atoms with van der Waals surface area (Å²) in [5, 5.41) is 3.29. The minimum absolute atomic E-state index is 0.0222. The first-order chi connectivity index (χ1) is 15.9. The van der Waals surface area contributed by atoms with Gasteiger partial charge in [-0.2, -0.15) is 0 Å². The number of carbonyl (C=O) groups is 1. The fraction of sp³-hybridized carbons (Fsp3) is 0.458. The maximum atomic E-state index is 13.6. The molecule has 3 aliphatic heterocycles. The molecule has 2 saturated heterocycles. The zero-order valence-electron chi connectivity index (χ0n) is 18.7. The van der Waals surface area contributed by atoms with Gasteiger partial charge in [0.15, 0.2) is 11.5 Å². The zero-order valence-corrected chi connectivity index (χ0v) is 19.5. The van der Waals surface area contributed by atoms with Crippen LogP contribution in [-0.2, 0) is 16.6 Å². The quantitative estimate of drug-likeness (QED) is 0.672. The zero-order chi connectivity index (χ0) is 23.1. The second kappa shape index (κ2) is 8.62. The van der Waals surface area contributed by atoms with E-state index in [9.17, 15) is 13.2 Å². The summed E-state index contributed by atoms with van der Waals surface area (Å²) in [5.41, 5.74) is 0.932.